The second-order valence-electron chi connectivity index (χ2n) is 7.00. The first-order valence-electron chi connectivity index (χ1n) is 9.72. The molecule has 156 valence electrons. The number of ketones is 1. The van der Waals surface area contributed by atoms with Gasteiger partial charge in [-0.15, -0.1) is 10.2 Å². The van der Waals surface area contributed by atoms with E-state index in [9.17, 15) is 9.59 Å². The summed E-state index contributed by atoms with van der Waals surface area (Å²) in [4.78, 5) is 24.0. The molecule has 3 heterocycles. The lowest BCUT2D eigenvalue weighted by Crippen LogP contribution is -2.18. The number of hydrogen-bond donors (Lipinski definition) is 1. The zero-order valence-corrected chi connectivity index (χ0v) is 17.4. The molecule has 0 radical (unpaired) electrons. The van der Waals surface area contributed by atoms with Gasteiger partial charge in [-0.25, -0.2) is 0 Å². The number of nitrogens with one attached hydrogen (secondary N) is 1. The maximum absolute atomic E-state index is 12.4. The molecule has 4 rings (SSSR count). The molecule has 0 spiro atoms. The van der Waals surface area contributed by atoms with Gasteiger partial charge in [-0.2, -0.15) is 0 Å². The van der Waals surface area contributed by atoms with Gasteiger partial charge in [0.2, 0.25) is 11.7 Å². The number of thioether (sulfide) groups is 1. The number of Topliss-reactive ketones (excluding diaryl/α,β-unsaturated/α-hetero) is 1. The van der Waals surface area contributed by atoms with Gasteiger partial charge in [-0.3, -0.25) is 14.2 Å². The summed E-state index contributed by atoms with van der Waals surface area (Å²) in [6, 6.07) is 10.5. The number of hydrogen-bond acceptors (Lipinski definition) is 7. The van der Waals surface area contributed by atoms with Gasteiger partial charge >= 0.3 is 0 Å². The van der Waals surface area contributed by atoms with Crippen molar-refractivity contribution in [2.75, 3.05) is 17.7 Å². The van der Waals surface area contributed by atoms with Crippen LogP contribution in [0.4, 0.5) is 5.69 Å². The fourth-order valence-corrected chi connectivity index (χ4v) is 4.03. The van der Waals surface area contributed by atoms with E-state index < -0.39 is 0 Å². The largest absolute Gasteiger partial charge is 0.461 e. The van der Waals surface area contributed by atoms with E-state index >= 15 is 0 Å². The van der Waals surface area contributed by atoms with Crippen molar-refractivity contribution in [1.82, 2.24) is 14.8 Å². The third-order valence-electron chi connectivity index (χ3n) is 4.75. The van der Waals surface area contributed by atoms with Crippen LogP contribution in [0, 0.1) is 0 Å². The van der Waals surface area contributed by atoms with E-state index in [-0.39, 0.29) is 23.5 Å². The van der Waals surface area contributed by atoms with Gasteiger partial charge < -0.3 is 14.5 Å². The van der Waals surface area contributed by atoms with Crippen molar-refractivity contribution in [3.63, 3.8) is 0 Å². The van der Waals surface area contributed by atoms with E-state index in [4.69, 9.17) is 9.15 Å². The smallest absolute Gasteiger partial charge is 0.234 e. The Kier molecular flexibility index (Phi) is 6.29. The lowest BCUT2D eigenvalue weighted by molar-refractivity contribution is -0.113. The van der Waals surface area contributed by atoms with Crippen LogP contribution in [-0.2, 0) is 16.1 Å². The molecule has 1 saturated heterocycles. The van der Waals surface area contributed by atoms with Crippen LogP contribution < -0.4 is 5.32 Å². The van der Waals surface area contributed by atoms with Gasteiger partial charge in [0.1, 0.15) is 0 Å². The van der Waals surface area contributed by atoms with Crippen molar-refractivity contribution in [2.45, 2.75) is 37.6 Å². The molecule has 1 amide bonds. The molecule has 2 aromatic heterocycles. The highest BCUT2D eigenvalue weighted by molar-refractivity contribution is 7.99. The zero-order valence-electron chi connectivity index (χ0n) is 16.5. The van der Waals surface area contributed by atoms with E-state index in [0.29, 0.717) is 34.5 Å². The van der Waals surface area contributed by atoms with Crippen LogP contribution in [0.25, 0.3) is 11.6 Å². The number of amides is 1. The van der Waals surface area contributed by atoms with Crippen molar-refractivity contribution in [3.8, 4) is 11.6 Å². The maximum atomic E-state index is 12.4. The van der Waals surface area contributed by atoms with E-state index in [2.05, 4.69) is 15.5 Å². The van der Waals surface area contributed by atoms with Crippen molar-refractivity contribution in [1.29, 1.82) is 0 Å². The molecule has 1 fully saturated rings. The van der Waals surface area contributed by atoms with Crippen LogP contribution in [0.3, 0.4) is 0 Å². The first kappa shape index (κ1) is 20.4. The summed E-state index contributed by atoms with van der Waals surface area (Å²) in [7, 11) is 0. The third-order valence-corrected chi connectivity index (χ3v) is 5.72. The van der Waals surface area contributed by atoms with Crippen LogP contribution in [0.2, 0.25) is 0 Å². The highest BCUT2D eigenvalue weighted by Crippen LogP contribution is 2.27. The number of carbonyl (C=O) groups excluding carboxylic acids is 2. The second-order valence-corrected chi connectivity index (χ2v) is 7.95. The number of anilines is 1. The van der Waals surface area contributed by atoms with Gasteiger partial charge in [0, 0.05) is 17.9 Å². The molecule has 3 aromatic rings. The quantitative estimate of drug-likeness (QED) is 0.433. The summed E-state index contributed by atoms with van der Waals surface area (Å²) in [5, 5.41) is 12.0. The summed E-state index contributed by atoms with van der Waals surface area (Å²) >= 11 is 1.30. The lowest BCUT2D eigenvalue weighted by Gasteiger charge is -2.14. The average Bonchev–Trinajstić information content (AvgIpc) is 3.49. The number of aromatic nitrogens is 3. The van der Waals surface area contributed by atoms with Crippen LogP contribution in [-0.4, -0.2) is 44.9 Å². The van der Waals surface area contributed by atoms with Crippen LogP contribution in [0.1, 0.15) is 30.1 Å². The number of carbonyl (C=O) groups is 2. The second kappa shape index (κ2) is 9.27. The molecule has 8 nitrogen and oxygen atoms in total. The Hall–Kier alpha value is -2.91. The van der Waals surface area contributed by atoms with E-state index in [1.807, 2.05) is 10.6 Å². The highest BCUT2D eigenvalue weighted by Gasteiger charge is 2.23. The lowest BCUT2D eigenvalue weighted by atomic mass is 10.1. The SMILES string of the molecule is CC(=O)c1cccc(NC(=O)CSc2nnc(-c3ccco3)n2CC2CCCO2)c1. The van der Waals surface area contributed by atoms with Crippen molar-refractivity contribution in [2.24, 2.45) is 0 Å². The minimum Gasteiger partial charge on any atom is -0.461 e. The Morgan fingerprint density at radius 2 is 2.17 bits per heavy atom. The molecule has 0 saturated carbocycles. The summed E-state index contributed by atoms with van der Waals surface area (Å²) in [6.45, 7) is 2.86. The monoisotopic (exact) mass is 426 g/mol. The Labute approximate surface area is 178 Å². The topological polar surface area (TPSA) is 99.3 Å². The number of furan rings is 1. The molecule has 1 aliphatic heterocycles. The molecule has 1 atom stereocenters. The molecule has 1 aromatic carbocycles. The third kappa shape index (κ3) is 4.80. The van der Waals surface area contributed by atoms with E-state index in [1.165, 1.54) is 18.7 Å². The van der Waals surface area contributed by atoms with Crippen LogP contribution >= 0.6 is 11.8 Å². The Morgan fingerprint density at radius 3 is 2.90 bits per heavy atom. The molecule has 0 bridgehead atoms. The van der Waals surface area contributed by atoms with Crippen molar-refractivity contribution >= 4 is 29.1 Å². The molecule has 30 heavy (non-hydrogen) atoms. The molecular weight excluding hydrogens is 404 g/mol. The first-order valence-corrected chi connectivity index (χ1v) is 10.7. The maximum Gasteiger partial charge on any atom is 0.234 e. The summed E-state index contributed by atoms with van der Waals surface area (Å²) in [5.41, 5.74) is 1.14. The van der Waals surface area contributed by atoms with Gasteiger partial charge in [0.15, 0.2) is 16.7 Å². The number of nitrogens with zero attached hydrogens (tertiary/aromatic N) is 3. The molecule has 0 aliphatic carbocycles. The normalized spacial score (nSPS) is 16.0. The fourth-order valence-electron chi connectivity index (χ4n) is 3.28. The van der Waals surface area contributed by atoms with Crippen LogP contribution in [0.5, 0.6) is 0 Å². The van der Waals surface area contributed by atoms with Gasteiger partial charge in [-0.1, -0.05) is 23.9 Å². The molecule has 1 N–H and O–H groups in total. The fraction of sp³-hybridized carbons (Fsp3) is 0.333. The Morgan fingerprint density at radius 1 is 1.27 bits per heavy atom. The predicted octanol–water partition coefficient (Wildman–Crippen LogP) is 3.65. The first-order chi connectivity index (χ1) is 14.6. The van der Waals surface area contributed by atoms with Crippen molar-refractivity contribution in [3.05, 3.63) is 48.2 Å². The zero-order chi connectivity index (χ0) is 20.9. The number of benzene rings is 1. The highest BCUT2D eigenvalue weighted by atomic mass is 32.2. The average molecular weight is 426 g/mol. The number of ether oxygens (including phenoxy) is 1. The Bertz CT molecular complexity index is 1030. The summed E-state index contributed by atoms with van der Waals surface area (Å²) in [5.74, 6) is 1.16. The molecular formula is C21H22N4O4S. The standard InChI is InChI=1S/C21H22N4O4S/c1-14(26)15-5-2-6-16(11-15)22-19(27)13-30-21-24-23-20(18-8-4-10-29-18)25(21)12-17-7-3-9-28-17/h2,4-6,8,10-11,17H,3,7,9,12-13H2,1H3,(H,22,27). The summed E-state index contributed by atoms with van der Waals surface area (Å²) < 4.78 is 13.2. The minimum atomic E-state index is -0.188. The minimum absolute atomic E-state index is 0.0480. The predicted molar refractivity (Wildman–Crippen MR) is 112 cm³/mol. The van der Waals surface area contributed by atoms with E-state index in [0.717, 1.165) is 19.4 Å². The number of rotatable bonds is 8. The summed E-state index contributed by atoms with van der Waals surface area (Å²) in [6.07, 6.45) is 3.70. The van der Waals surface area contributed by atoms with Gasteiger partial charge in [-0.05, 0) is 44.0 Å². The Balaban J connectivity index is 1.45. The molecule has 1 unspecified atom stereocenters. The van der Waals surface area contributed by atoms with E-state index in [1.54, 1.807) is 36.6 Å². The van der Waals surface area contributed by atoms with Crippen molar-refractivity contribution < 1.29 is 18.7 Å². The molecule has 1 aliphatic rings. The van der Waals surface area contributed by atoms with Crippen LogP contribution in [0.15, 0.2) is 52.2 Å². The van der Waals surface area contributed by atoms with Gasteiger partial charge in [0.05, 0.1) is 24.7 Å². The molecule has 9 heteroatoms. The van der Waals surface area contributed by atoms with Gasteiger partial charge in [0.25, 0.3) is 0 Å².